The average Bonchev–Trinajstić information content (AvgIpc) is 3.21. The zero-order chi connectivity index (χ0) is 29.2. The van der Waals surface area contributed by atoms with Gasteiger partial charge in [0.15, 0.2) is 0 Å². The van der Waals surface area contributed by atoms with Crippen molar-refractivity contribution in [3.05, 3.63) is 104 Å². The lowest BCUT2D eigenvalue weighted by molar-refractivity contribution is -0.143. The molecule has 4 rings (SSSR count). The zero-order valence-electron chi connectivity index (χ0n) is 20.7. The van der Waals surface area contributed by atoms with Crippen LogP contribution in [0.2, 0.25) is 10.0 Å². The van der Waals surface area contributed by atoms with E-state index in [2.05, 4.69) is 10.6 Å². The van der Waals surface area contributed by atoms with Crippen LogP contribution in [-0.2, 0) is 18.8 Å². The number of alkyl halides is 6. The molecule has 0 fully saturated rings. The fourth-order valence-corrected chi connectivity index (χ4v) is 5.10. The molecule has 1 aliphatic rings. The molecule has 0 spiro atoms. The summed E-state index contributed by atoms with van der Waals surface area (Å²) in [6, 6.07) is 12.9. The van der Waals surface area contributed by atoms with Crippen LogP contribution in [-0.4, -0.2) is 30.2 Å². The van der Waals surface area contributed by atoms with E-state index in [9.17, 15) is 36.2 Å². The Morgan fingerprint density at radius 2 is 1.57 bits per heavy atom. The van der Waals surface area contributed by atoms with Gasteiger partial charge in [0.25, 0.3) is 5.91 Å². The highest BCUT2D eigenvalue weighted by Crippen LogP contribution is 2.37. The van der Waals surface area contributed by atoms with Crippen LogP contribution in [0.5, 0.6) is 0 Å². The third-order valence-corrected chi connectivity index (χ3v) is 7.57. The molecule has 3 aromatic carbocycles. The van der Waals surface area contributed by atoms with Crippen molar-refractivity contribution in [2.24, 2.45) is 0 Å². The van der Waals surface area contributed by atoms with Crippen LogP contribution in [0.3, 0.4) is 0 Å². The zero-order valence-corrected chi connectivity index (χ0v) is 22.2. The highest BCUT2D eigenvalue weighted by Gasteiger charge is 2.37. The number of aliphatic hydroxyl groups is 1. The smallest absolute Gasteiger partial charge is 0.391 e. The number of rotatable bonds is 8. The van der Waals surface area contributed by atoms with E-state index in [1.54, 1.807) is 18.2 Å². The van der Waals surface area contributed by atoms with Crippen molar-refractivity contribution < 1.29 is 36.2 Å². The summed E-state index contributed by atoms with van der Waals surface area (Å²) in [5.41, 5.74) is -1.26. The summed E-state index contributed by atoms with van der Waals surface area (Å²) in [6.07, 6.45) is -9.90. The predicted octanol–water partition coefficient (Wildman–Crippen LogP) is 7.18. The molecule has 1 amide bonds. The summed E-state index contributed by atoms with van der Waals surface area (Å²) in [4.78, 5) is 12.8. The van der Waals surface area contributed by atoms with Crippen LogP contribution >= 0.6 is 23.2 Å². The highest BCUT2D eigenvalue weighted by atomic mass is 35.5. The molecular weight excluding hydrogens is 581 g/mol. The number of hydrogen-bond donors (Lipinski definition) is 3. The predicted molar refractivity (Wildman–Crippen MR) is 139 cm³/mol. The summed E-state index contributed by atoms with van der Waals surface area (Å²) in [7, 11) is 0. The number of benzene rings is 3. The molecule has 214 valence electrons. The first-order valence-corrected chi connectivity index (χ1v) is 13.0. The number of halogens is 8. The van der Waals surface area contributed by atoms with Crippen LogP contribution in [0.15, 0.2) is 60.7 Å². The molecule has 0 saturated heterocycles. The van der Waals surface area contributed by atoms with E-state index in [1.807, 2.05) is 24.3 Å². The molecule has 0 bridgehead atoms. The monoisotopic (exact) mass is 604 g/mol. The van der Waals surface area contributed by atoms with E-state index >= 15 is 0 Å². The van der Waals surface area contributed by atoms with Gasteiger partial charge in [0.1, 0.15) is 0 Å². The molecule has 40 heavy (non-hydrogen) atoms. The van der Waals surface area contributed by atoms with Crippen molar-refractivity contribution in [3.8, 4) is 0 Å². The third-order valence-electron chi connectivity index (χ3n) is 6.83. The van der Waals surface area contributed by atoms with E-state index in [-0.39, 0.29) is 23.7 Å². The SMILES string of the molecule is O=C(NCC(CCNC1c2ccccc2CC1O)c1ccc(Cl)c(Cl)c1)c1cc(C(F)(F)F)cc(C(F)(F)F)c1. The maximum absolute atomic E-state index is 13.2. The second kappa shape index (κ2) is 12.0. The van der Waals surface area contributed by atoms with Crippen molar-refractivity contribution in [2.75, 3.05) is 13.1 Å². The number of carbonyl (C=O) groups is 1. The van der Waals surface area contributed by atoms with Crippen LogP contribution in [0, 0.1) is 0 Å². The van der Waals surface area contributed by atoms with Crippen LogP contribution in [0.1, 0.15) is 56.6 Å². The molecule has 3 atom stereocenters. The minimum absolute atomic E-state index is 0.0312. The number of carbonyl (C=O) groups excluding carboxylic acids is 1. The molecule has 3 unspecified atom stereocenters. The Morgan fingerprint density at radius 3 is 2.20 bits per heavy atom. The lowest BCUT2D eigenvalue weighted by Crippen LogP contribution is -2.33. The Balaban J connectivity index is 1.51. The van der Waals surface area contributed by atoms with Gasteiger partial charge in [-0.1, -0.05) is 53.5 Å². The first kappa shape index (κ1) is 30.2. The minimum Gasteiger partial charge on any atom is -0.391 e. The average molecular weight is 605 g/mol. The Kier molecular flexibility index (Phi) is 9.04. The summed E-state index contributed by atoms with van der Waals surface area (Å²) in [6.45, 7) is 0.262. The molecule has 0 aliphatic heterocycles. The quantitative estimate of drug-likeness (QED) is 0.239. The third kappa shape index (κ3) is 7.09. The van der Waals surface area contributed by atoms with Gasteiger partial charge in [-0.15, -0.1) is 0 Å². The summed E-state index contributed by atoms with van der Waals surface area (Å²) in [5.74, 6) is -1.53. The highest BCUT2D eigenvalue weighted by molar-refractivity contribution is 6.42. The molecule has 1 aliphatic carbocycles. The van der Waals surface area contributed by atoms with Gasteiger partial charge in [-0.25, -0.2) is 0 Å². The topological polar surface area (TPSA) is 61.4 Å². The van der Waals surface area contributed by atoms with Gasteiger partial charge in [-0.05, 0) is 60.0 Å². The van der Waals surface area contributed by atoms with Crippen molar-refractivity contribution in [1.29, 1.82) is 0 Å². The lowest BCUT2D eigenvalue weighted by atomic mass is 9.95. The van der Waals surface area contributed by atoms with Gasteiger partial charge in [0, 0.05) is 24.4 Å². The van der Waals surface area contributed by atoms with E-state index in [4.69, 9.17) is 23.2 Å². The normalized spacial score (nSPS) is 17.9. The van der Waals surface area contributed by atoms with E-state index in [1.165, 1.54) is 0 Å². The molecule has 12 heteroatoms. The summed E-state index contributed by atoms with van der Waals surface area (Å²) in [5, 5.41) is 16.8. The molecule has 3 N–H and O–H groups in total. The maximum Gasteiger partial charge on any atom is 0.416 e. The van der Waals surface area contributed by atoms with E-state index < -0.39 is 47.0 Å². The van der Waals surface area contributed by atoms with E-state index in [0.717, 1.165) is 11.1 Å². The van der Waals surface area contributed by atoms with Gasteiger partial charge in [0.05, 0.1) is 33.3 Å². The number of fused-ring (bicyclic) bond motifs is 1. The van der Waals surface area contributed by atoms with Crippen LogP contribution in [0.4, 0.5) is 26.3 Å². The van der Waals surface area contributed by atoms with Crippen molar-refractivity contribution in [1.82, 2.24) is 10.6 Å². The lowest BCUT2D eigenvalue weighted by Gasteiger charge is -2.22. The molecule has 0 radical (unpaired) electrons. The Labute approximate surface area is 236 Å². The summed E-state index contributed by atoms with van der Waals surface area (Å²) < 4.78 is 79.5. The number of hydrogen-bond acceptors (Lipinski definition) is 3. The number of amides is 1. The second-order valence-corrected chi connectivity index (χ2v) is 10.4. The Bertz CT molecular complexity index is 1350. The van der Waals surface area contributed by atoms with Gasteiger partial charge >= 0.3 is 12.4 Å². The van der Waals surface area contributed by atoms with Gasteiger partial charge in [-0.2, -0.15) is 26.3 Å². The van der Waals surface area contributed by atoms with Gasteiger partial charge in [0.2, 0.25) is 0 Å². The van der Waals surface area contributed by atoms with Crippen molar-refractivity contribution in [3.63, 3.8) is 0 Å². The van der Waals surface area contributed by atoms with Gasteiger partial charge < -0.3 is 15.7 Å². The van der Waals surface area contributed by atoms with Crippen LogP contribution < -0.4 is 10.6 Å². The molecule has 0 heterocycles. The number of aliphatic hydroxyl groups excluding tert-OH is 1. The molecule has 4 nitrogen and oxygen atoms in total. The standard InChI is InChI=1S/C28H24Cl2F6N2O2/c29-22-6-5-15(11-23(22)30)17(7-8-37-25-21-4-2-1-3-16(21)12-24(25)39)14-38-26(40)18-9-19(27(31,32)33)13-20(10-18)28(34,35)36/h1-6,9-11,13,17,24-25,37,39H,7-8,12,14H2,(H,38,40). The molecular formula is C28H24Cl2F6N2O2. The maximum atomic E-state index is 13.2. The Morgan fingerprint density at radius 1 is 0.925 bits per heavy atom. The first-order valence-electron chi connectivity index (χ1n) is 12.3. The fraction of sp³-hybridized carbons (Fsp3) is 0.321. The minimum atomic E-state index is -5.08. The second-order valence-electron chi connectivity index (χ2n) is 9.57. The first-order chi connectivity index (χ1) is 18.7. The van der Waals surface area contributed by atoms with Crippen molar-refractivity contribution in [2.45, 2.75) is 43.3 Å². The molecule has 3 aromatic rings. The van der Waals surface area contributed by atoms with Crippen LogP contribution in [0.25, 0.3) is 0 Å². The summed E-state index contributed by atoms with van der Waals surface area (Å²) >= 11 is 12.2. The largest absolute Gasteiger partial charge is 0.416 e. The van der Waals surface area contributed by atoms with E-state index in [0.29, 0.717) is 42.1 Å². The number of nitrogens with one attached hydrogen (secondary N) is 2. The molecule has 0 aromatic heterocycles. The fourth-order valence-electron chi connectivity index (χ4n) is 4.79. The molecule has 0 saturated carbocycles. The Hall–Kier alpha value is -2.79. The van der Waals surface area contributed by atoms with Crippen molar-refractivity contribution >= 4 is 29.1 Å². The van der Waals surface area contributed by atoms with Gasteiger partial charge in [-0.3, -0.25) is 4.79 Å².